The Morgan fingerprint density at radius 2 is 2.19 bits per heavy atom. The fraction of sp³-hybridized carbons (Fsp3) is 0.200. The highest BCUT2D eigenvalue weighted by Crippen LogP contribution is 2.32. The molecular formula is C20H18N2O3S. The summed E-state index contributed by atoms with van der Waals surface area (Å²) in [6, 6.07) is 13.3. The molecule has 0 saturated carbocycles. The van der Waals surface area contributed by atoms with Crippen LogP contribution < -0.4 is 14.8 Å². The van der Waals surface area contributed by atoms with Crippen molar-refractivity contribution in [2.75, 3.05) is 18.5 Å². The van der Waals surface area contributed by atoms with Crippen LogP contribution in [-0.2, 0) is 6.42 Å². The van der Waals surface area contributed by atoms with Gasteiger partial charge in [-0.1, -0.05) is 12.1 Å². The highest BCUT2D eigenvalue weighted by molar-refractivity contribution is 7.14. The number of carbonyl (C=O) groups is 1. The first-order valence-electron chi connectivity index (χ1n) is 8.49. The Hall–Kier alpha value is -2.86. The molecule has 4 rings (SSSR count). The van der Waals surface area contributed by atoms with Crippen LogP contribution in [0.15, 0.2) is 47.8 Å². The van der Waals surface area contributed by atoms with Crippen molar-refractivity contribution in [1.82, 2.24) is 4.98 Å². The number of fused-ring (bicyclic) bond motifs is 1. The number of anilines is 1. The third kappa shape index (κ3) is 3.28. The SMILES string of the molecule is CCOc1ccccc1C(=O)Nc1nc(-c2ccc3c(c2)CCO3)cs1. The summed E-state index contributed by atoms with van der Waals surface area (Å²) in [5, 5.41) is 5.37. The predicted octanol–water partition coefficient (Wildman–Crippen LogP) is 4.40. The molecule has 0 saturated heterocycles. The Morgan fingerprint density at radius 1 is 1.31 bits per heavy atom. The number of amides is 1. The van der Waals surface area contributed by atoms with Crippen LogP contribution in [0.3, 0.4) is 0 Å². The van der Waals surface area contributed by atoms with Gasteiger partial charge in [0.1, 0.15) is 11.5 Å². The van der Waals surface area contributed by atoms with E-state index in [1.54, 1.807) is 12.1 Å². The van der Waals surface area contributed by atoms with Gasteiger partial charge in [-0.3, -0.25) is 10.1 Å². The topological polar surface area (TPSA) is 60.5 Å². The fourth-order valence-corrected chi connectivity index (χ4v) is 3.62. The maximum Gasteiger partial charge on any atom is 0.261 e. The van der Waals surface area contributed by atoms with Gasteiger partial charge in [-0.25, -0.2) is 4.98 Å². The van der Waals surface area contributed by atoms with Crippen LogP contribution in [0.2, 0.25) is 0 Å². The van der Waals surface area contributed by atoms with E-state index in [1.165, 1.54) is 16.9 Å². The molecule has 2 aromatic carbocycles. The Morgan fingerprint density at radius 3 is 3.08 bits per heavy atom. The third-order valence-corrected chi connectivity index (χ3v) is 4.90. The monoisotopic (exact) mass is 366 g/mol. The Kier molecular flexibility index (Phi) is 4.58. The molecule has 1 aliphatic heterocycles. The van der Waals surface area contributed by atoms with Gasteiger partial charge in [-0.2, -0.15) is 0 Å². The van der Waals surface area contributed by atoms with Gasteiger partial charge < -0.3 is 9.47 Å². The molecule has 3 aromatic rings. The molecule has 0 fully saturated rings. The lowest BCUT2D eigenvalue weighted by atomic mass is 10.1. The Labute approximate surface area is 155 Å². The highest BCUT2D eigenvalue weighted by atomic mass is 32.1. The minimum atomic E-state index is -0.225. The van der Waals surface area contributed by atoms with Crippen molar-refractivity contribution in [3.05, 3.63) is 59.0 Å². The molecule has 0 atom stereocenters. The van der Waals surface area contributed by atoms with Gasteiger partial charge in [0, 0.05) is 17.4 Å². The van der Waals surface area contributed by atoms with Crippen molar-refractivity contribution in [3.8, 4) is 22.8 Å². The lowest BCUT2D eigenvalue weighted by Crippen LogP contribution is -2.13. The van der Waals surface area contributed by atoms with Crippen molar-refractivity contribution in [2.45, 2.75) is 13.3 Å². The van der Waals surface area contributed by atoms with E-state index in [0.717, 1.165) is 30.0 Å². The number of rotatable bonds is 5. The van der Waals surface area contributed by atoms with Gasteiger partial charge in [0.25, 0.3) is 5.91 Å². The van der Waals surface area contributed by atoms with Crippen LogP contribution in [0.25, 0.3) is 11.3 Å². The van der Waals surface area contributed by atoms with Gasteiger partial charge in [0.15, 0.2) is 5.13 Å². The molecule has 1 aliphatic rings. The number of para-hydroxylation sites is 1. The maximum absolute atomic E-state index is 12.6. The van der Waals surface area contributed by atoms with Crippen LogP contribution in [0.5, 0.6) is 11.5 Å². The molecule has 1 aromatic heterocycles. The van der Waals surface area contributed by atoms with Crippen LogP contribution in [0.1, 0.15) is 22.8 Å². The van der Waals surface area contributed by atoms with Crippen molar-refractivity contribution in [1.29, 1.82) is 0 Å². The first-order chi connectivity index (χ1) is 12.7. The Balaban J connectivity index is 1.53. The third-order valence-electron chi connectivity index (χ3n) is 4.14. The molecule has 26 heavy (non-hydrogen) atoms. The number of hydrogen-bond donors (Lipinski definition) is 1. The molecule has 0 unspecified atom stereocenters. The van der Waals surface area contributed by atoms with Crippen LogP contribution in [0.4, 0.5) is 5.13 Å². The average Bonchev–Trinajstić information content (AvgIpc) is 3.31. The van der Waals surface area contributed by atoms with Gasteiger partial charge in [-0.05, 0) is 42.8 Å². The normalized spacial score (nSPS) is 12.3. The summed E-state index contributed by atoms with van der Waals surface area (Å²) in [6.07, 6.45) is 0.922. The van der Waals surface area contributed by atoms with Gasteiger partial charge >= 0.3 is 0 Å². The molecule has 0 bridgehead atoms. The molecule has 6 heteroatoms. The molecular weight excluding hydrogens is 348 g/mol. The second-order valence-corrected chi connectivity index (χ2v) is 6.70. The van der Waals surface area contributed by atoms with Crippen LogP contribution in [-0.4, -0.2) is 24.1 Å². The van der Waals surface area contributed by atoms with E-state index in [2.05, 4.69) is 16.4 Å². The van der Waals surface area contributed by atoms with E-state index >= 15 is 0 Å². The molecule has 1 amide bonds. The summed E-state index contributed by atoms with van der Waals surface area (Å²) >= 11 is 1.40. The standard InChI is InChI=1S/C20H18N2O3S/c1-2-24-18-6-4-3-5-15(18)19(23)22-20-21-16(12-26-20)13-7-8-17-14(11-13)9-10-25-17/h3-8,11-12H,2,9-10H2,1H3,(H,21,22,23). The first kappa shape index (κ1) is 16.6. The van der Waals surface area contributed by atoms with Crippen molar-refractivity contribution in [3.63, 3.8) is 0 Å². The second kappa shape index (κ2) is 7.17. The zero-order valence-corrected chi connectivity index (χ0v) is 15.1. The summed E-state index contributed by atoms with van der Waals surface area (Å²) in [7, 11) is 0. The van der Waals surface area contributed by atoms with Gasteiger partial charge in [0.05, 0.1) is 24.5 Å². The smallest absolute Gasteiger partial charge is 0.261 e. The van der Waals surface area contributed by atoms with E-state index in [1.807, 2.05) is 36.6 Å². The summed E-state index contributed by atoms with van der Waals surface area (Å²) in [6.45, 7) is 3.13. The molecule has 1 N–H and O–H groups in total. The van der Waals surface area contributed by atoms with Crippen LogP contribution >= 0.6 is 11.3 Å². The van der Waals surface area contributed by atoms with E-state index in [9.17, 15) is 4.79 Å². The quantitative estimate of drug-likeness (QED) is 0.727. The second-order valence-electron chi connectivity index (χ2n) is 5.84. The zero-order chi connectivity index (χ0) is 17.9. The van der Waals surface area contributed by atoms with Gasteiger partial charge in [-0.15, -0.1) is 11.3 Å². The molecule has 0 radical (unpaired) electrons. The summed E-state index contributed by atoms with van der Waals surface area (Å²) < 4.78 is 11.1. The number of benzene rings is 2. The van der Waals surface area contributed by atoms with Crippen LogP contribution in [0, 0.1) is 0 Å². The lowest BCUT2D eigenvalue weighted by Gasteiger charge is -2.08. The lowest BCUT2D eigenvalue weighted by molar-refractivity contribution is 0.102. The highest BCUT2D eigenvalue weighted by Gasteiger charge is 2.16. The predicted molar refractivity (Wildman–Crippen MR) is 102 cm³/mol. The van der Waals surface area contributed by atoms with Gasteiger partial charge in [0.2, 0.25) is 0 Å². The molecule has 5 nitrogen and oxygen atoms in total. The Bertz CT molecular complexity index is 952. The van der Waals surface area contributed by atoms with E-state index < -0.39 is 0 Å². The number of nitrogens with one attached hydrogen (secondary N) is 1. The summed E-state index contributed by atoms with van der Waals surface area (Å²) in [5.41, 5.74) is 3.58. The molecule has 132 valence electrons. The molecule has 0 aliphatic carbocycles. The molecule has 2 heterocycles. The molecule has 0 spiro atoms. The van der Waals surface area contributed by atoms with Crippen molar-refractivity contribution < 1.29 is 14.3 Å². The maximum atomic E-state index is 12.6. The largest absolute Gasteiger partial charge is 0.493 e. The summed E-state index contributed by atoms with van der Waals surface area (Å²) in [4.78, 5) is 17.1. The minimum absolute atomic E-state index is 0.225. The summed E-state index contributed by atoms with van der Waals surface area (Å²) in [5.74, 6) is 1.30. The number of carbonyl (C=O) groups excluding carboxylic acids is 1. The number of aromatic nitrogens is 1. The van der Waals surface area contributed by atoms with Crippen molar-refractivity contribution in [2.24, 2.45) is 0 Å². The number of thiazole rings is 1. The van der Waals surface area contributed by atoms with Crippen molar-refractivity contribution >= 4 is 22.4 Å². The number of nitrogens with zero attached hydrogens (tertiary/aromatic N) is 1. The van der Waals surface area contributed by atoms with E-state index in [4.69, 9.17) is 9.47 Å². The number of hydrogen-bond acceptors (Lipinski definition) is 5. The zero-order valence-electron chi connectivity index (χ0n) is 14.3. The van der Waals surface area contributed by atoms with E-state index in [0.29, 0.717) is 23.1 Å². The first-order valence-corrected chi connectivity index (χ1v) is 9.37. The average molecular weight is 366 g/mol. The fourth-order valence-electron chi connectivity index (χ4n) is 2.91. The number of ether oxygens (including phenoxy) is 2. The van der Waals surface area contributed by atoms with E-state index in [-0.39, 0.29) is 5.91 Å². The minimum Gasteiger partial charge on any atom is -0.493 e.